The third-order valence-electron chi connectivity index (χ3n) is 3.68. The molecule has 1 saturated heterocycles. The van der Waals surface area contributed by atoms with E-state index in [1.54, 1.807) is 4.90 Å². The number of thiophene rings is 1. The molecule has 1 aromatic heterocycles. The first-order valence-electron chi connectivity index (χ1n) is 6.41. The molecule has 1 fully saturated rings. The molecule has 0 radical (unpaired) electrons. The number of carbonyl (C=O) groups is 1. The molecule has 1 aliphatic rings. The van der Waals surface area contributed by atoms with Gasteiger partial charge in [0.1, 0.15) is 4.88 Å². The maximum absolute atomic E-state index is 12.6. The van der Waals surface area contributed by atoms with Crippen LogP contribution in [0, 0.1) is 0 Å². The first-order valence-corrected chi connectivity index (χ1v) is 7.23. The van der Waals surface area contributed by atoms with Gasteiger partial charge in [-0.25, -0.2) is 0 Å². The molecule has 3 rings (SSSR count). The van der Waals surface area contributed by atoms with Crippen molar-refractivity contribution in [2.75, 3.05) is 18.9 Å². The number of aliphatic hydroxyl groups is 1. The smallest absolute Gasteiger partial charge is 0.266 e. The predicted molar refractivity (Wildman–Crippen MR) is 77.4 cm³/mol. The van der Waals surface area contributed by atoms with Gasteiger partial charge < -0.3 is 15.7 Å². The summed E-state index contributed by atoms with van der Waals surface area (Å²) >= 11 is 1.43. The molecule has 0 aliphatic carbocycles. The normalized spacial score (nSPS) is 19.2. The van der Waals surface area contributed by atoms with Crippen LogP contribution in [0.15, 0.2) is 24.3 Å². The Morgan fingerprint density at radius 1 is 1.47 bits per heavy atom. The lowest BCUT2D eigenvalue weighted by Crippen LogP contribution is -2.37. The predicted octanol–water partition coefficient (Wildman–Crippen LogP) is 2.08. The average molecular weight is 276 g/mol. The number of amides is 1. The number of nitrogen functional groups attached to an aromatic ring is 1. The van der Waals surface area contributed by atoms with Crippen molar-refractivity contribution in [2.24, 2.45) is 0 Å². The van der Waals surface area contributed by atoms with Gasteiger partial charge in [-0.05, 0) is 18.9 Å². The number of benzene rings is 1. The second-order valence-electron chi connectivity index (χ2n) is 4.82. The number of nitrogens with zero attached hydrogens (tertiary/aromatic N) is 1. The van der Waals surface area contributed by atoms with E-state index < -0.39 is 0 Å². The largest absolute Gasteiger partial charge is 0.397 e. The minimum atomic E-state index is -0.0582. The first-order chi connectivity index (χ1) is 9.22. The Labute approximate surface area is 115 Å². The molecule has 1 atom stereocenters. The van der Waals surface area contributed by atoms with Crippen LogP contribution >= 0.6 is 11.3 Å². The number of hydrogen-bond acceptors (Lipinski definition) is 4. The van der Waals surface area contributed by atoms with Gasteiger partial charge in [0.2, 0.25) is 0 Å². The Hall–Kier alpha value is -1.59. The number of anilines is 1. The molecule has 0 spiro atoms. The van der Waals surface area contributed by atoms with Gasteiger partial charge in [-0.1, -0.05) is 18.2 Å². The molecule has 5 heteroatoms. The summed E-state index contributed by atoms with van der Waals surface area (Å²) in [6.07, 6.45) is 1.81. The van der Waals surface area contributed by atoms with Crippen molar-refractivity contribution in [3.8, 4) is 0 Å². The molecule has 2 aromatic rings. The molecular weight excluding hydrogens is 260 g/mol. The molecule has 19 heavy (non-hydrogen) atoms. The van der Waals surface area contributed by atoms with Gasteiger partial charge in [0.15, 0.2) is 0 Å². The van der Waals surface area contributed by atoms with E-state index in [-0.39, 0.29) is 18.6 Å². The Kier molecular flexibility index (Phi) is 3.16. The second-order valence-corrected chi connectivity index (χ2v) is 5.87. The van der Waals surface area contributed by atoms with Crippen LogP contribution in [0.3, 0.4) is 0 Å². The van der Waals surface area contributed by atoms with E-state index in [9.17, 15) is 9.90 Å². The van der Waals surface area contributed by atoms with Crippen LogP contribution in [0.4, 0.5) is 5.69 Å². The maximum Gasteiger partial charge on any atom is 0.266 e. The molecule has 3 N–H and O–H groups in total. The quantitative estimate of drug-likeness (QED) is 0.882. The van der Waals surface area contributed by atoms with Crippen LogP contribution in [0.2, 0.25) is 0 Å². The highest BCUT2D eigenvalue weighted by molar-refractivity contribution is 7.21. The lowest BCUT2D eigenvalue weighted by atomic mass is 10.2. The lowest BCUT2D eigenvalue weighted by molar-refractivity contribution is 0.0683. The van der Waals surface area contributed by atoms with E-state index in [0.29, 0.717) is 17.1 Å². The zero-order valence-electron chi connectivity index (χ0n) is 10.5. The van der Waals surface area contributed by atoms with E-state index >= 15 is 0 Å². The van der Waals surface area contributed by atoms with Crippen molar-refractivity contribution in [3.63, 3.8) is 0 Å². The summed E-state index contributed by atoms with van der Waals surface area (Å²) in [5, 5.41) is 10.3. The Morgan fingerprint density at radius 2 is 2.26 bits per heavy atom. The van der Waals surface area contributed by atoms with Crippen molar-refractivity contribution >= 4 is 33.0 Å². The highest BCUT2D eigenvalue weighted by Crippen LogP contribution is 2.35. The van der Waals surface area contributed by atoms with Crippen LogP contribution in [-0.2, 0) is 0 Å². The second kappa shape index (κ2) is 4.83. The SMILES string of the molecule is Nc1c(C(=O)N2CCCC2CO)sc2ccccc12. The minimum Gasteiger partial charge on any atom is -0.397 e. The van der Waals surface area contributed by atoms with Crippen molar-refractivity contribution in [2.45, 2.75) is 18.9 Å². The summed E-state index contributed by atoms with van der Waals surface area (Å²) in [6, 6.07) is 7.72. The molecule has 4 nitrogen and oxygen atoms in total. The summed E-state index contributed by atoms with van der Waals surface area (Å²) in [7, 11) is 0. The van der Waals surface area contributed by atoms with Gasteiger partial charge in [0.25, 0.3) is 5.91 Å². The zero-order chi connectivity index (χ0) is 13.4. The minimum absolute atomic E-state index is 0.0243. The Bertz CT molecular complexity index is 623. The van der Waals surface area contributed by atoms with E-state index in [4.69, 9.17) is 5.73 Å². The number of rotatable bonds is 2. The molecular formula is C14H16N2O2S. The van der Waals surface area contributed by atoms with Crippen LogP contribution in [0.25, 0.3) is 10.1 Å². The van der Waals surface area contributed by atoms with E-state index in [2.05, 4.69) is 0 Å². The van der Waals surface area contributed by atoms with E-state index in [1.807, 2.05) is 24.3 Å². The van der Waals surface area contributed by atoms with Gasteiger partial charge in [0.05, 0.1) is 18.3 Å². The zero-order valence-corrected chi connectivity index (χ0v) is 11.3. The number of likely N-dealkylation sites (tertiary alicyclic amines) is 1. The van der Waals surface area contributed by atoms with Crippen LogP contribution in [0.1, 0.15) is 22.5 Å². The van der Waals surface area contributed by atoms with Crippen molar-refractivity contribution in [1.29, 1.82) is 0 Å². The van der Waals surface area contributed by atoms with Gasteiger partial charge in [0, 0.05) is 16.6 Å². The molecule has 2 heterocycles. The van der Waals surface area contributed by atoms with Crippen molar-refractivity contribution < 1.29 is 9.90 Å². The molecule has 100 valence electrons. The highest BCUT2D eigenvalue weighted by Gasteiger charge is 2.31. The third kappa shape index (κ3) is 1.99. The Morgan fingerprint density at radius 3 is 3.00 bits per heavy atom. The van der Waals surface area contributed by atoms with E-state index in [1.165, 1.54) is 11.3 Å². The summed E-state index contributed by atoms with van der Waals surface area (Å²) in [6.45, 7) is 0.730. The molecule has 0 saturated carbocycles. The van der Waals surface area contributed by atoms with Gasteiger partial charge in [-0.15, -0.1) is 11.3 Å². The first kappa shape index (κ1) is 12.4. The average Bonchev–Trinajstić information content (AvgIpc) is 3.03. The molecule has 1 aliphatic heterocycles. The fraction of sp³-hybridized carbons (Fsp3) is 0.357. The van der Waals surface area contributed by atoms with E-state index in [0.717, 1.165) is 22.9 Å². The molecule has 1 unspecified atom stereocenters. The summed E-state index contributed by atoms with van der Waals surface area (Å²) in [5.41, 5.74) is 6.66. The fourth-order valence-corrected chi connectivity index (χ4v) is 3.73. The molecule has 1 amide bonds. The standard InChI is InChI=1S/C14H16N2O2S/c15-12-10-5-1-2-6-11(10)19-13(12)14(18)16-7-3-4-9(16)8-17/h1-2,5-6,9,17H,3-4,7-8,15H2. The highest BCUT2D eigenvalue weighted by atomic mass is 32.1. The number of nitrogens with two attached hydrogens (primary N) is 1. The van der Waals surface area contributed by atoms with Crippen LogP contribution < -0.4 is 5.73 Å². The Balaban J connectivity index is 2.00. The van der Waals surface area contributed by atoms with Gasteiger partial charge in [-0.3, -0.25) is 4.79 Å². The summed E-state index contributed by atoms with van der Waals surface area (Å²) in [5.74, 6) is -0.0461. The van der Waals surface area contributed by atoms with Gasteiger partial charge >= 0.3 is 0 Å². The lowest BCUT2D eigenvalue weighted by Gasteiger charge is -2.22. The topological polar surface area (TPSA) is 66.6 Å². The number of fused-ring (bicyclic) bond motifs is 1. The van der Waals surface area contributed by atoms with Crippen molar-refractivity contribution in [3.05, 3.63) is 29.1 Å². The third-order valence-corrected chi connectivity index (χ3v) is 4.85. The molecule has 0 bridgehead atoms. The summed E-state index contributed by atoms with van der Waals surface area (Å²) in [4.78, 5) is 14.9. The molecule has 1 aromatic carbocycles. The number of carbonyl (C=O) groups excluding carboxylic acids is 1. The van der Waals surface area contributed by atoms with Gasteiger partial charge in [-0.2, -0.15) is 0 Å². The summed E-state index contributed by atoms with van der Waals surface area (Å²) < 4.78 is 1.03. The van der Waals surface area contributed by atoms with Crippen LogP contribution in [-0.4, -0.2) is 35.1 Å². The fourth-order valence-electron chi connectivity index (χ4n) is 2.65. The van der Waals surface area contributed by atoms with Crippen LogP contribution in [0.5, 0.6) is 0 Å². The number of hydrogen-bond donors (Lipinski definition) is 2. The monoisotopic (exact) mass is 276 g/mol. The number of aliphatic hydroxyl groups excluding tert-OH is 1. The van der Waals surface area contributed by atoms with Crippen molar-refractivity contribution in [1.82, 2.24) is 4.90 Å². The maximum atomic E-state index is 12.6.